The highest BCUT2D eigenvalue weighted by Gasteiger charge is 2.02. The van der Waals surface area contributed by atoms with Crippen LogP contribution in [0.1, 0.15) is 17.3 Å². The van der Waals surface area contributed by atoms with E-state index in [0.717, 1.165) is 5.03 Å². The van der Waals surface area contributed by atoms with Crippen LogP contribution in [0, 0.1) is 0 Å². The monoisotopic (exact) mass is 240 g/mol. The Morgan fingerprint density at radius 2 is 2.25 bits per heavy atom. The molecule has 0 unspecified atom stereocenters. The number of aromatic nitrogens is 1. The first-order valence-electron chi connectivity index (χ1n) is 4.66. The van der Waals surface area contributed by atoms with Crippen LogP contribution >= 0.6 is 11.8 Å². The summed E-state index contributed by atoms with van der Waals surface area (Å²) in [6, 6.07) is 3.16. The van der Waals surface area contributed by atoms with E-state index in [9.17, 15) is 9.59 Å². The molecule has 1 rings (SSSR count). The van der Waals surface area contributed by atoms with Gasteiger partial charge in [0.25, 0.3) is 0 Å². The Bertz CT molecular complexity index is 378. The number of nitrogens with zero attached hydrogens (tertiary/aromatic N) is 1. The molecule has 16 heavy (non-hydrogen) atoms. The highest BCUT2D eigenvalue weighted by molar-refractivity contribution is 7.99. The van der Waals surface area contributed by atoms with Gasteiger partial charge in [-0.05, 0) is 12.1 Å². The second kappa shape index (κ2) is 6.12. The Morgan fingerprint density at radius 1 is 1.50 bits per heavy atom. The number of nitrogens with one attached hydrogen (secondary N) is 1. The third kappa shape index (κ3) is 4.31. The van der Waals surface area contributed by atoms with Crippen molar-refractivity contribution in [3.63, 3.8) is 0 Å². The average molecular weight is 240 g/mol. The number of carbonyl (C=O) groups excluding carboxylic acids is 1. The maximum Gasteiger partial charge on any atom is 0.337 e. The molecule has 0 saturated carbocycles. The summed E-state index contributed by atoms with van der Waals surface area (Å²) in [5, 5.41) is 12.1. The zero-order valence-electron chi connectivity index (χ0n) is 8.77. The van der Waals surface area contributed by atoms with Crippen molar-refractivity contribution in [1.29, 1.82) is 0 Å². The van der Waals surface area contributed by atoms with E-state index < -0.39 is 5.97 Å². The molecule has 0 aliphatic rings. The highest BCUT2D eigenvalue weighted by Crippen LogP contribution is 2.14. The van der Waals surface area contributed by atoms with Crippen LogP contribution in [0.2, 0.25) is 0 Å². The molecule has 0 aliphatic heterocycles. The minimum absolute atomic E-state index is 0.0604. The topological polar surface area (TPSA) is 79.3 Å². The van der Waals surface area contributed by atoms with E-state index in [1.54, 1.807) is 6.07 Å². The summed E-state index contributed by atoms with van der Waals surface area (Å²) in [6.07, 6.45) is 1.32. The number of carboxylic acids is 1. The minimum atomic E-state index is -0.984. The van der Waals surface area contributed by atoms with Crippen LogP contribution in [0.25, 0.3) is 0 Å². The van der Waals surface area contributed by atoms with Crippen molar-refractivity contribution in [2.75, 3.05) is 12.3 Å². The van der Waals surface area contributed by atoms with Crippen LogP contribution < -0.4 is 5.32 Å². The molecular weight excluding hydrogens is 228 g/mol. The normalized spacial score (nSPS) is 9.81. The first-order valence-corrected chi connectivity index (χ1v) is 5.64. The van der Waals surface area contributed by atoms with E-state index in [2.05, 4.69) is 10.3 Å². The summed E-state index contributed by atoms with van der Waals surface area (Å²) in [7, 11) is 0. The summed E-state index contributed by atoms with van der Waals surface area (Å²) >= 11 is 1.46. The van der Waals surface area contributed by atoms with Gasteiger partial charge in [0, 0.05) is 25.4 Å². The third-order valence-electron chi connectivity index (χ3n) is 1.71. The van der Waals surface area contributed by atoms with Crippen LogP contribution in [-0.2, 0) is 4.79 Å². The number of carboxylic acid groups (broad SMARTS) is 1. The number of rotatable bonds is 5. The fraction of sp³-hybridized carbons (Fsp3) is 0.300. The number of aromatic carboxylic acids is 1. The van der Waals surface area contributed by atoms with Crippen molar-refractivity contribution in [2.24, 2.45) is 0 Å². The molecule has 1 aromatic rings. The zero-order chi connectivity index (χ0) is 12.0. The van der Waals surface area contributed by atoms with Gasteiger partial charge >= 0.3 is 5.97 Å². The average Bonchev–Trinajstić information content (AvgIpc) is 2.25. The molecule has 0 spiro atoms. The van der Waals surface area contributed by atoms with Crippen LogP contribution in [-0.4, -0.2) is 34.3 Å². The second-order valence-electron chi connectivity index (χ2n) is 3.02. The molecule has 6 heteroatoms. The Balaban J connectivity index is 2.38. The van der Waals surface area contributed by atoms with Crippen molar-refractivity contribution in [2.45, 2.75) is 11.9 Å². The Hall–Kier alpha value is -1.56. The van der Waals surface area contributed by atoms with Crippen molar-refractivity contribution in [1.82, 2.24) is 10.3 Å². The molecule has 0 fully saturated rings. The van der Waals surface area contributed by atoms with E-state index in [0.29, 0.717) is 12.3 Å². The van der Waals surface area contributed by atoms with E-state index in [1.807, 2.05) is 0 Å². The number of hydrogen-bond acceptors (Lipinski definition) is 4. The van der Waals surface area contributed by atoms with Gasteiger partial charge in [0.15, 0.2) is 0 Å². The number of thioether (sulfide) groups is 1. The van der Waals surface area contributed by atoms with Gasteiger partial charge in [-0.25, -0.2) is 9.78 Å². The lowest BCUT2D eigenvalue weighted by molar-refractivity contribution is -0.118. The molecular formula is C10H12N2O3S. The van der Waals surface area contributed by atoms with Crippen molar-refractivity contribution in [3.05, 3.63) is 23.9 Å². The Morgan fingerprint density at radius 3 is 2.75 bits per heavy atom. The van der Waals surface area contributed by atoms with Gasteiger partial charge < -0.3 is 10.4 Å². The lowest BCUT2D eigenvalue weighted by Crippen LogP contribution is -2.22. The second-order valence-corrected chi connectivity index (χ2v) is 4.14. The maximum absolute atomic E-state index is 10.6. The van der Waals surface area contributed by atoms with Crippen LogP contribution in [0.15, 0.2) is 23.4 Å². The molecule has 5 nitrogen and oxygen atoms in total. The number of hydrogen-bond donors (Lipinski definition) is 2. The number of amides is 1. The summed E-state index contributed by atoms with van der Waals surface area (Å²) < 4.78 is 0. The first kappa shape index (κ1) is 12.5. The highest BCUT2D eigenvalue weighted by atomic mass is 32.2. The largest absolute Gasteiger partial charge is 0.478 e. The molecule has 1 aromatic heterocycles. The molecule has 0 radical (unpaired) electrons. The summed E-state index contributed by atoms with van der Waals surface area (Å²) in [5.41, 5.74) is 0.172. The Labute approximate surface area is 97.3 Å². The smallest absolute Gasteiger partial charge is 0.337 e. The van der Waals surface area contributed by atoms with E-state index in [4.69, 9.17) is 5.11 Å². The van der Waals surface area contributed by atoms with Crippen molar-refractivity contribution >= 4 is 23.6 Å². The van der Waals surface area contributed by atoms with Crippen LogP contribution in [0.3, 0.4) is 0 Å². The summed E-state index contributed by atoms with van der Waals surface area (Å²) in [4.78, 5) is 25.1. The molecule has 0 aliphatic carbocycles. The van der Waals surface area contributed by atoms with Gasteiger partial charge in [0.05, 0.1) is 10.6 Å². The summed E-state index contributed by atoms with van der Waals surface area (Å²) in [6.45, 7) is 2.03. The van der Waals surface area contributed by atoms with Gasteiger partial charge in [-0.1, -0.05) is 0 Å². The van der Waals surface area contributed by atoms with Gasteiger partial charge in [-0.15, -0.1) is 11.8 Å². The third-order valence-corrected chi connectivity index (χ3v) is 2.65. The quantitative estimate of drug-likeness (QED) is 0.593. The zero-order valence-corrected chi connectivity index (χ0v) is 9.58. The van der Waals surface area contributed by atoms with Crippen LogP contribution in [0.5, 0.6) is 0 Å². The predicted octanol–water partition coefficient (Wildman–Crippen LogP) is 1.01. The molecule has 0 atom stereocenters. The fourth-order valence-electron chi connectivity index (χ4n) is 0.975. The fourth-order valence-corrected chi connectivity index (χ4v) is 1.68. The minimum Gasteiger partial charge on any atom is -0.478 e. The lowest BCUT2D eigenvalue weighted by Gasteiger charge is -2.02. The maximum atomic E-state index is 10.6. The first-order chi connectivity index (χ1) is 7.59. The van der Waals surface area contributed by atoms with Crippen LogP contribution in [0.4, 0.5) is 0 Å². The van der Waals surface area contributed by atoms with E-state index in [-0.39, 0.29) is 11.5 Å². The van der Waals surface area contributed by atoms with Gasteiger partial charge in [-0.2, -0.15) is 0 Å². The molecule has 0 saturated heterocycles. The number of carbonyl (C=O) groups is 2. The van der Waals surface area contributed by atoms with Gasteiger partial charge in [0.2, 0.25) is 5.91 Å². The predicted molar refractivity (Wildman–Crippen MR) is 60.6 cm³/mol. The molecule has 1 heterocycles. The number of pyridine rings is 1. The van der Waals surface area contributed by atoms with Crippen molar-refractivity contribution in [3.8, 4) is 0 Å². The van der Waals surface area contributed by atoms with Gasteiger partial charge in [-0.3, -0.25) is 4.79 Å². The molecule has 2 N–H and O–H groups in total. The molecule has 1 amide bonds. The van der Waals surface area contributed by atoms with Crippen molar-refractivity contribution < 1.29 is 14.7 Å². The lowest BCUT2D eigenvalue weighted by atomic mass is 10.3. The Kier molecular flexibility index (Phi) is 4.78. The molecule has 86 valence electrons. The SMILES string of the molecule is CC(=O)NCCSc1ccc(C(=O)O)cn1. The molecule has 0 bridgehead atoms. The molecule has 0 aromatic carbocycles. The van der Waals surface area contributed by atoms with Gasteiger partial charge in [0.1, 0.15) is 0 Å². The standard InChI is InChI=1S/C10H12N2O3S/c1-7(13)11-4-5-16-9-3-2-8(6-12-9)10(14)15/h2-3,6H,4-5H2,1H3,(H,11,13)(H,14,15). The summed E-state index contributed by atoms with van der Waals surface area (Å²) in [5.74, 6) is -0.337. The van der Waals surface area contributed by atoms with E-state index >= 15 is 0 Å². The van der Waals surface area contributed by atoms with E-state index in [1.165, 1.54) is 30.9 Å².